The summed E-state index contributed by atoms with van der Waals surface area (Å²) in [6.45, 7) is 0.554. The molecular weight excluding hydrogens is 98.1 g/mol. The first-order chi connectivity index (χ1) is 2.89. The van der Waals surface area contributed by atoms with Gasteiger partial charge in [0.25, 0.3) is 0 Å². The van der Waals surface area contributed by atoms with Crippen LogP contribution in [0.15, 0.2) is 10.2 Å². The summed E-state index contributed by atoms with van der Waals surface area (Å²) in [7, 11) is 0. The maximum Gasteiger partial charge on any atom is 0.215 e. The SMILES string of the molecule is S=C1N=NCN1. The van der Waals surface area contributed by atoms with Crippen molar-refractivity contribution in [3.8, 4) is 0 Å². The van der Waals surface area contributed by atoms with E-state index in [1.54, 1.807) is 0 Å². The molecule has 0 unspecified atom stereocenters. The molecule has 0 aromatic rings. The van der Waals surface area contributed by atoms with Gasteiger partial charge in [-0.15, -0.1) is 5.11 Å². The fourth-order valence-electron chi connectivity index (χ4n) is 0.238. The van der Waals surface area contributed by atoms with Gasteiger partial charge in [0.15, 0.2) is 0 Å². The molecule has 1 N–H and O–H groups in total. The predicted molar refractivity (Wildman–Crippen MR) is 25.5 cm³/mol. The van der Waals surface area contributed by atoms with Gasteiger partial charge in [-0.25, -0.2) is 0 Å². The highest BCUT2D eigenvalue weighted by Crippen LogP contribution is 1.84. The Balaban J connectivity index is 2.59. The third-order valence-electron chi connectivity index (χ3n) is 0.463. The van der Waals surface area contributed by atoms with Gasteiger partial charge in [0, 0.05) is 0 Å². The van der Waals surface area contributed by atoms with Crippen LogP contribution in [-0.2, 0) is 0 Å². The molecule has 0 aliphatic carbocycles. The molecule has 1 aliphatic heterocycles. The molecule has 6 heavy (non-hydrogen) atoms. The first-order valence-electron chi connectivity index (χ1n) is 1.55. The summed E-state index contributed by atoms with van der Waals surface area (Å²) >= 11 is 4.55. The third kappa shape index (κ3) is 0.514. The van der Waals surface area contributed by atoms with Gasteiger partial charge in [-0.2, -0.15) is 5.11 Å². The monoisotopic (exact) mass is 101 g/mol. The van der Waals surface area contributed by atoms with Crippen LogP contribution in [0.1, 0.15) is 0 Å². The summed E-state index contributed by atoms with van der Waals surface area (Å²) in [6, 6.07) is 0. The van der Waals surface area contributed by atoms with Gasteiger partial charge < -0.3 is 5.32 Å². The van der Waals surface area contributed by atoms with Gasteiger partial charge in [0.2, 0.25) is 5.11 Å². The van der Waals surface area contributed by atoms with Crippen LogP contribution < -0.4 is 5.32 Å². The Morgan fingerprint density at radius 1 is 1.83 bits per heavy atom. The third-order valence-corrected chi connectivity index (χ3v) is 0.689. The molecule has 0 radical (unpaired) electrons. The number of azo groups is 1. The summed E-state index contributed by atoms with van der Waals surface area (Å²) in [5, 5.41) is 10.2. The standard InChI is InChI=1S/C2H3N3S/c6-2-3-1-4-5-2/h1H2,(H,3,6). The molecule has 0 amide bonds. The number of nitrogens with zero attached hydrogens (tertiary/aromatic N) is 2. The van der Waals surface area contributed by atoms with E-state index in [-0.39, 0.29) is 0 Å². The molecule has 0 saturated carbocycles. The molecule has 32 valence electrons. The lowest BCUT2D eigenvalue weighted by atomic mass is 11.1. The summed E-state index contributed by atoms with van der Waals surface area (Å²) < 4.78 is 0. The molecule has 1 aliphatic rings. The van der Waals surface area contributed by atoms with Crippen molar-refractivity contribution in [3.63, 3.8) is 0 Å². The Morgan fingerprint density at radius 3 is 2.83 bits per heavy atom. The molecule has 0 atom stereocenters. The summed E-state index contributed by atoms with van der Waals surface area (Å²) in [6.07, 6.45) is 0. The molecule has 0 aromatic carbocycles. The maximum absolute atomic E-state index is 4.55. The van der Waals surface area contributed by atoms with Crippen molar-refractivity contribution in [2.24, 2.45) is 10.2 Å². The molecule has 1 rings (SSSR count). The van der Waals surface area contributed by atoms with Crippen LogP contribution in [0.4, 0.5) is 0 Å². The van der Waals surface area contributed by atoms with E-state index in [0.717, 1.165) is 0 Å². The van der Waals surface area contributed by atoms with Crippen molar-refractivity contribution in [2.45, 2.75) is 0 Å². The van der Waals surface area contributed by atoms with E-state index in [0.29, 0.717) is 11.8 Å². The minimum absolute atomic E-state index is 0.495. The average molecular weight is 101 g/mol. The van der Waals surface area contributed by atoms with Crippen molar-refractivity contribution in [2.75, 3.05) is 6.67 Å². The first kappa shape index (κ1) is 3.67. The summed E-state index contributed by atoms with van der Waals surface area (Å²) in [5.74, 6) is 0. The molecule has 0 bridgehead atoms. The van der Waals surface area contributed by atoms with E-state index in [4.69, 9.17) is 0 Å². The Bertz CT molecular complexity index is 97.0. The van der Waals surface area contributed by atoms with Crippen LogP contribution in [0, 0.1) is 0 Å². The van der Waals surface area contributed by atoms with Crippen molar-refractivity contribution < 1.29 is 0 Å². The lowest BCUT2D eigenvalue weighted by Gasteiger charge is -1.79. The largest absolute Gasteiger partial charge is 0.339 e. The van der Waals surface area contributed by atoms with E-state index in [9.17, 15) is 0 Å². The van der Waals surface area contributed by atoms with Gasteiger partial charge in [-0.05, 0) is 12.2 Å². The van der Waals surface area contributed by atoms with E-state index >= 15 is 0 Å². The van der Waals surface area contributed by atoms with Gasteiger partial charge in [0.1, 0.15) is 6.67 Å². The molecular formula is C2H3N3S. The van der Waals surface area contributed by atoms with Crippen molar-refractivity contribution in [1.82, 2.24) is 5.32 Å². The topological polar surface area (TPSA) is 36.8 Å². The minimum atomic E-state index is 0.495. The molecule has 0 fully saturated rings. The molecule has 1 heterocycles. The number of nitrogens with one attached hydrogen (secondary N) is 1. The fourth-order valence-corrected chi connectivity index (χ4v) is 0.360. The van der Waals surface area contributed by atoms with E-state index in [2.05, 4.69) is 27.8 Å². The second kappa shape index (κ2) is 1.30. The average Bonchev–Trinajstić information content (AvgIpc) is 1.86. The van der Waals surface area contributed by atoms with Crippen LogP contribution in [0.2, 0.25) is 0 Å². The second-order valence-electron chi connectivity index (χ2n) is 0.881. The van der Waals surface area contributed by atoms with Crippen LogP contribution in [0.5, 0.6) is 0 Å². The van der Waals surface area contributed by atoms with Crippen LogP contribution in [0.3, 0.4) is 0 Å². The van der Waals surface area contributed by atoms with Gasteiger partial charge in [0.05, 0.1) is 0 Å². The Hall–Kier alpha value is -0.510. The molecule has 3 nitrogen and oxygen atoms in total. The number of rotatable bonds is 0. The van der Waals surface area contributed by atoms with Gasteiger partial charge >= 0.3 is 0 Å². The maximum atomic E-state index is 4.55. The van der Waals surface area contributed by atoms with Gasteiger partial charge in [-0.3, -0.25) is 0 Å². The van der Waals surface area contributed by atoms with Crippen LogP contribution in [-0.4, -0.2) is 11.8 Å². The molecule has 4 heteroatoms. The Kier molecular flexibility index (Phi) is 0.795. The molecule has 0 saturated heterocycles. The van der Waals surface area contributed by atoms with Crippen LogP contribution >= 0.6 is 12.2 Å². The highest BCUT2D eigenvalue weighted by Gasteiger charge is 1.94. The zero-order chi connectivity index (χ0) is 4.41. The lowest BCUT2D eigenvalue weighted by Crippen LogP contribution is -2.11. The van der Waals surface area contributed by atoms with Crippen LogP contribution in [0.25, 0.3) is 0 Å². The highest BCUT2D eigenvalue weighted by atomic mass is 32.1. The predicted octanol–water partition coefficient (Wildman–Crippen LogP) is 0.284. The highest BCUT2D eigenvalue weighted by molar-refractivity contribution is 7.80. The molecule has 0 spiro atoms. The lowest BCUT2D eigenvalue weighted by molar-refractivity contribution is 0.965. The Labute approximate surface area is 40.5 Å². The minimum Gasteiger partial charge on any atom is -0.339 e. The van der Waals surface area contributed by atoms with Gasteiger partial charge in [-0.1, -0.05) is 0 Å². The fraction of sp³-hybridized carbons (Fsp3) is 0.500. The quantitative estimate of drug-likeness (QED) is 0.445. The van der Waals surface area contributed by atoms with E-state index in [1.807, 2.05) is 0 Å². The number of hydrogen-bond donors (Lipinski definition) is 1. The normalized spacial score (nSPS) is 18.3. The summed E-state index contributed by atoms with van der Waals surface area (Å²) in [5.41, 5.74) is 0. The Morgan fingerprint density at radius 2 is 2.67 bits per heavy atom. The zero-order valence-electron chi connectivity index (χ0n) is 3.01. The first-order valence-corrected chi connectivity index (χ1v) is 1.96. The molecule has 0 aromatic heterocycles. The van der Waals surface area contributed by atoms with Crippen molar-refractivity contribution in [1.29, 1.82) is 0 Å². The summed E-state index contributed by atoms with van der Waals surface area (Å²) in [4.78, 5) is 0. The van der Waals surface area contributed by atoms with Crippen molar-refractivity contribution >= 4 is 17.3 Å². The number of thiocarbonyl (C=S) groups is 1. The number of hydrogen-bond acceptors (Lipinski definition) is 2. The van der Waals surface area contributed by atoms with E-state index < -0.39 is 0 Å². The zero-order valence-corrected chi connectivity index (χ0v) is 3.83. The smallest absolute Gasteiger partial charge is 0.215 e. The second-order valence-corrected chi connectivity index (χ2v) is 1.27. The van der Waals surface area contributed by atoms with Crippen molar-refractivity contribution in [3.05, 3.63) is 0 Å². The van der Waals surface area contributed by atoms with E-state index in [1.165, 1.54) is 0 Å².